The lowest BCUT2D eigenvalue weighted by Crippen LogP contribution is -2.08. The Morgan fingerprint density at radius 2 is 1.95 bits per heavy atom. The highest BCUT2D eigenvalue weighted by Crippen LogP contribution is 2.22. The molecule has 0 spiro atoms. The van der Waals surface area contributed by atoms with Crippen molar-refractivity contribution in [2.75, 3.05) is 12.4 Å². The molecule has 0 aliphatic rings. The van der Waals surface area contributed by atoms with E-state index in [0.29, 0.717) is 22.8 Å². The average molecular weight is 355 g/mol. The summed E-state index contributed by atoms with van der Waals surface area (Å²) in [5.41, 5.74) is 2.24. The fraction of sp³-hybridized carbons (Fsp3) is 0.133. The predicted octanol–water partition coefficient (Wildman–Crippen LogP) is 4.50. The van der Waals surface area contributed by atoms with Crippen molar-refractivity contribution in [2.45, 2.75) is 6.54 Å². The summed E-state index contributed by atoms with van der Waals surface area (Å²) >= 11 is 9.30. The maximum absolute atomic E-state index is 11.7. The summed E-state index contributed by atoms with van der Waals surface area (Å²) in [6, 6.07) is 13.1. The monoisotopic (exact) mass is 353 g/mol. The summed E-state index contributed by atoms with van der Waals surface area (Å²) in [4.78, 5) is 11.7. The Morgan fingerprint density at radius 3 is 2.60 bits per heavy atom. The first kappa shape index (κ1) is 14.9. The van der Waals surface area contributed by atoms with Gasteiger partial charge in [-0.25, -0.2) is 4.79 Å². The molecule has 2 aromatic carbocycles. The van der Waals surface area contributed by atoms with Gasteiger partial charge in [-0.05, 0) is 35.9 Å². The van der Waals surface area contributed by atoms with E-state index in [2.05, 4.69) is 21.2 Å². The molecule has 0 fully saturated rings. The number of carbonyl (C=O) groups excluding carboxylic acids is 1. The third kappa shape index (κ3) is 3.74. The molecule has 0 aliphatic heterocycles. The number of hydrogen-bond acceptors (Lipinski definition) is 3. The molecule has 1 N–H and O–H groups in total. The van der Waals surface area contributed by atoms with E-state index in [-0.39, 0.29) is 0 Å². The normalized spacial score (nSPS) is 10.2. The third-order valence-electron chi connectivity index (χ3n) is 2.78. The van der Waals surface area contributed by atoms with Gasteiger partial charge in [0.15, 0.2) is 0 Å². The number of rotatable bonds is 4. The zero-order valence-electron chi connectivity index (χ0n) is 10.8. The lowest BCUT2D eigenvalue weighted by Gasteiger charge is -2.11. The van der Waals surface area contributed by atoms with Gasteiger partial charge >= 0.3 is 5.97 Å². The fourth-order valence-corrected chi connectivity index (χ4v) is 2.19. The minimum absolute atomic E-state index is 0.411. The molecule has 0 aliphatic carbocycles. The Morgan fingerprint density at radius 1 is 1.25 bits per heavy atom. The van der Waals surface area contributed by atoms with Gasteiger partial charge in [0.2, 0.25) is 0 Å². The summed E-state index contributed by atoms with van der Waals surface area (Å²) in [6.07, 6.45) is 0. The molecule has 5 heteroatoms. The van der Waals surface area contributed by atoms with Gasteiger partial charge in [-0.15, -0.1) is 0 Å². The van der Waals surface area contributed by atoms with Crippen LogP contribution in [0.1, 0.15) is 15.9 Å². The predicted molar refractivity (Wildman–Crippen MR) is 84.3 cm³/mol. The minimum Gasteiger partial charge on any atom is -0.465 e. The first-order valence-corrected chi connectivity index (χ1v) is 7.13. The maximum atomic E-state index is 11.7. The standard InChI is InChI=1S/C15H13BrClNO2/c1-20-15(19)13-8-12(17)6-7-14(13)18-9-10-2-4-11(16)5-3-10/h2-8,18H,9H2,1H3. The molecule has 0 unspecified atom stereocenters. The smallest absolute Gasteiger partial charge is 0.340 e. The lowest BCUT2D eigenvalue weighted by atomic mass is 10.1. The lowest BCUT2D eigenvalue weighted by molar-refractivity contribution is 0.0602. The van der Waals surface area contributed by atoms with Crippen molar-refractivity contribution < 1.29 is 9.53 Å². The second-order valence-electron chi connectivity index (χ2n) is 4.16. The van der Waals surface area contributed by atoms with Crippen LogP contribution >= 0.6 is 27.5 Å². The van der Waals surface area contributed by atoms with Crippen molar-refractivity contribution in [3.05, 3.63) is 63.1 Å². The van der Waals surface area contributed by atoms with Crippen LogP contribution in [0.2, 0.25) is 5.02 Å². The number of hydrogen-bond donors (Lipinski definition) is 1. The largest absolute Gasteiger partial charge is 0.465 e. The molecule has 2 aromatic rings. The Balaban J connectivity index is 2.16. The Labute approximate surface area is 131 Å². The topological polar surface area (TPSA) is 38.3 Å². The number of carbonyl (C=O) groups is 1. The molecular weight excluding hydrogens is 342 g/mol. The molecule has 0 amide bonds. The number of nitrogens with one attached hydrogen (secondary N) is 1. The molecular formula is C15H13BrClNO2. The van der Waals surface area contributed by atoms with Gasteiger partial charge in [-0.3, -0.25) is 0 Å². The minimum atomic E-state index is -0.411. The highest BCUT2D eigenvalue weighted by atomic mass is 79.9. The zero-order valence-corrected chi connectivity index (χ0v) is 13.2. The Kier molecular flexibility index (Phi) is 5.04. The van der Waals surface area contributed by atoms with Crippen LogP contribution in [0.4, 0.5) is 5.69 Å². The van der Waals surface area contributed by atoms with Crippen molar-refractivity contribution in [2.24, 2.45) is 0 Å². The van der Waals surface area contributed by atoms with E-state index < -0.39 is 5.97 Å². The molecule has 2 rings (SSSR count). The molecule has 0 atom stereocenters. The van der Waals surface area contributed by atoms with Crippen molar-refractivity contribution in [3.8, 4) is 0 Å². The summed E-state index contributed by atoms with van der Waals surface area (Å²) in [5.74, 6) is -0.411. The fourth-order valence-electron chi connectivity index (χ4n) is 1.75. The highest BCUT2D eigenvalue weighted by Gasteiger charge is 2.12. The number of methoxy groups -OCH3 is 1. The average Bonchev–Trinajstić information content (AvgIpc) is 2.46. The number of anilines is 1. The summed E-state index contributed by atoms with van der Waals surface area (Å²) in [6.45, 7) is 0.610. The van der Waals surface area contributed by atoms with Crippen LogP contribution < -0.4 is 5.32 Å². The number of esters is 1. The van der Waals surface area contributed by atoms with Crippen LogP contribution in [-0.2, 0) is 11.3 Å². The Hall–Kier alpha value is -1.52. The second kappa shape index (κ2) is 6.77. The highest BCUT2D eigenvalue weighted by molar-refractivity contribution is 9.10. The van der Waals surface area contributed by atoms with Crippen molar-refractivity contribution in [3.63, 3.8) is 0 Å². The van der Waals surface area contributed by atoms with E-state index in [1.165, 1.54) is 7.11 Å². The van der Waals surface area contributed by atoms with E-state index in [0.717, 1.165) is 10.0 Å². The van der Waals surface area contributed by atoms with Gasteiger partial charge in [0.25, 0.3) is 0 Å². The molecule has 0 saturated carbocycles. The number of halogens is 2. The third-order valence-corrected chi connectivity index (χ3v) is 3.55. The van der Waals surface area contributed by atoms with Crippen LogP contribution in [0.15, 0.2) is 46.9 Å². The van der Waals surface area contributed by atoms with Gasteiger partial charge < -0.3 is 10.1 Å². The van der Waals surface area contributed by atoms with E-state index >= 15 is 0 Å². The molecule has 20 heavy (non-hydrogen) atoms. The van der Waals surface area contributed by atoms with Crippen LogP contribution in [0.25, 0.3) is 0 Å². The molecule has 0 saturated heterocycles. The SMILES string of the molecule is COC(=O)c1cc(Cl)ccc1NCc1ccc(Br)cc1. The van der Waals surface area contributed by atoms with Crippen molar-refractivity contribution in [1.29, 1.82) is 0 Å². The number of benzene rings is 2. The summed E-state index contributed by atoms with van der Waals surface area (Å²) in [7, 11) is 1.35. The number of ether oxygens (including phenoxy) is 1. The quantitative estimate of drug-likeness (QED) is 0.822. The van der Waals surface area contributed by atoms with E-state index in [9.17, 15) is 4.79 Å². The molecule has 0 aromatic heterocycles. The van der Waals surface area contributed by atoms with Crippen molar-refractivity contribution in [1.82, 2.24) is 0 Å². The van der Waals surface area contributed by atoms with Crippen LogP contribution in [-0.4, -0.2) is 13.1 Å². The van der Waals surface area contributed by atoms with Gasteiger partial charge in [0, 0.05) is 21.7 Å². The van der Waals surface area contributed by atoms with Crippen molar-refractivity contribution >= 4 is 39.2 Å². The molecule has 0 radical (unpaired) electrons. The van der Waals surface area contributed by atoms with E-state index in [1.54, 1.807) is 18.2 Å². The van der Waals surface area contributed by atoms with Gasteiger partial charge in [-0.1, -0.05) is 39.7 Å². The van der Waals surface area contributed by atoms with Crippen LogP contribution in [0.3, 0.4) is 0 Å². The second-order valence-corrected chi connectivity index (χ2v) is 5.51. The van der Waals surface area contributed by atoms with E-state index in [1.807, 2.05) is 24.3 Å². The van der Waals surface area contributed by atoms with Crippen LogP contribution in [0.5, 0.6) is 0 Å². The first-order chi connectivity index (χ1) is 9.60. The summed E-state index contributed by atoms with van der Waals surface area (Å²) < 4.78 is 5.79. The van der Waals surface area contributed by atoms with Crippen LogP contribution in [0, 0.1) is 0 Å². The van der Waals surface area contributed by atoms with Gasteiger partial charge in [-0.2, -0.15) is 0 Å². The zero-order chi connectivity index (χ0) is 14.5. The Bertz CT molecular complexity index is 614. The summed E-state index contributed by atoms with van der Waals surface area (Å²) in [5, 5.41) is 3.72. The van der Waals surface area contributed by atoms with Gasteiger partial charge in [0.1, 0.15) is 0 Å². The maximum Gasteiger partial charge on any atom is 0.340 e. The molecule has 3 nitrogen and oxygen atoms in total. The molecule has 104 valence electrons. The van der Waals surface area contributed by atoms with Gasteiger partial charge in [0.05, 0.1) is 12.7 Å². The molecule has 0 heterocycles. The first-order valence-electron chi connectivity index (χ1n) is 5.96. The molecule has 0 bridgehead atoms. The van der Waals surface area contributed by atoms with E-state index in [4.69, 9.17) is 16.3 Å².